The fourth-order valence-corrected chi connectivity index (χ4v) is 9.32. The monoisotopic (exact) mass is 782 g/mol. The number of aryl methyl sites for hydroxylation is 6. The van der Waals surface area contributed by atoms with E-state index in [4.69, 9.17) is 9.97 Å². The van der Waals surface area contributed by atoms with E-state index < -0.39 is 0 Å². The molecule has 0 fully saturated rings. The molecule has 0 unspecified atom stereocenters. The summed E-state index contributed by atoms with van der Waals surface area (Å²) in [4.78, 5) is 15.2. The van der Waals surface area contributed by atoms with Crippen LogP contribution >= 0.6 is 0 Å². The summed E-state index contributed by atoms with van der Waals surface area (Å²) in [5.41, 5.74) is 24.7. The molecule has 0 atom stereocenters. The molecule has 8 rings (SSSR count). The average molecular weight is 783 g/mol. The van der Waals surface area contributed by atoms with Crippen LogP contribution in [-0.2, 0) is 0 Å². The summed E-state index contributed by atoms with van der Waals surface area (Å²) >= 11 is 0. The molecule has 0 aliphatic carbocycles. The molecular weight excluding hydrogens is 729 g/mol. The lowest BCUT2D eigenvalue weighted by atomic mass is 9.91. The highest BCUT2D eigenvalue weighted by molar-refractivity contribution is 5.92. The van der Waals surface area contributed by atoms with Crippen molar-refractivity contribution in [3.8, 4) is 33.5 Å². The number of benzene rings is 7. The molecule has 298 valence electrons. The van der Waals surface area contributed by atoms with Gasteiger partial charge < -0.3 is 4.90 Å². The van der Waals surface area contributed by atoms with Crippen LogP contribution in [0.3, 0.4) is 0 Å². The molecule has 4 nitrogen and oxygen atoms in total. The van der Waals surface area contributed by atoms with Crippen molar-refractivity contribution in [2.45, 2.75) is 69.2 Å². The van der Waals surface area contributed by atoms with Crippen molar-refractivity contribution in [3.63, 3.8) is 0 Å². The maximum absolute atomic E-state index is 5.33. The molecule has 1 heterocycles. The van der Waals surface area contributed by atoms with Gasteiger partial charge in [0, 0.05) is 17.4 Å². The summed E-state index contributed by atoms with van der Waals surface area (Å²) in [6, 6.07) is 49.8. The van der Waals surface area contributed by atoms with Crippen molar-refractivity contribution in [1.82, 2.24) is 9.97 Å². The highest BCUT2D eigenvalue weighted by Crippen LogP contribution is 2.50. The zero-order valence-corrected chi connectivity index (χ0v) is 36.6. The standard InChI is InChI=1S/C56H54N4/c1-35-30-37(3)52(38(4)31-35)60(53-39(5)32-36(2)33-40(53)6)55-43(9)41(7)54(42(8)44(55)10)59(56-57-29-28-51(58-56)46-22-15-12-16-23-46)48-25-19-24-47(34-48)50-27-18-17-26-49(50)45-20-13-11-14-21-45/h11-34H,1-10H3. The first-order chi connectivity index (χ1) is 28.9. The van der Waals surface area contributed by atoms with Crippen LogP contribution in [0.4, 0.5) is 34.4 Å². The second-order valence-corrected chi connectivity index (χ2v) is 16.4. The van der Waals surface area contributed by atoms with Gasteiger partial charge in [-0.15, -0.1) is 0 Å². The number of rotatable bonds is 9. The van der Waals surface area contributed by atoms with Crippen LogP contribution in [-0.4, -0.2) is 9.97 Å². The molecule has 4 heteroatoms. The van der Waals surface area contributed by atoms with Crippen LogP contribution in [0, 0.1) is 69.2 Å². The Labute approximate surface area is 356 Å². The molecule has 1 aromatic heterocycles. The molecule has 0 saturated carbocycles. The lowest BCUT2D eigenvalue weighted by Crippen LogP contribution is -2.22. The van der Waals surface area contributed by atoms with Crippen LogP contribution in [0.1, 0.15) is 55.6 Å². The summed E-state index contributed by atoms with van der Waals surface area (Å²) in [6.45, 7) is 22.5. The minimum atomic E-state index is 0.620. The van der Waals surface area contributed by atoms with Gasteiger partial charge in [0.15, 0.2) is 0 Å². The molecule has 8 aromatic rings. The Morgan fingerprint density at radius 3 is 1.32 bits per heavy atom. The molecule has 60 heavy (non-hydrogen) atoms. The minimum Gasteiger partial charge on any atom is -0.309 e. The summed E-state index contributed by atoms with van der Waals surface area (Å²) in [6.07, 6.45) is 1.89. The van der Waals surface area contributed by atoms with Crippen molar-refractivity contribution in [2.75, 3.05) is 9.80 Å². The third-order valence-corrected chi connectivity index (χ3v) is 12.1. The fraction of sp³-hybridized carbons (Fsp3) is 0.179. The summed E-state index contributed by atoms with van der Waals surface area (Å²) in [7, 11) is 0. The highest BCUT2D eigenvalue weighted by Gasteiger charge is 2.30. The molecule has 0 aliphatic rings. The zero-order valence-electron chi connectivity index (χ0n) is 36.6. The van der Waals surface area contributed by atoms with E-state index >= 15 is 0 Å². The molecule has 0 amide bonds. The van der Waals surface area contributed by atoms with Crippen LogP contribution in [0.15, 0.2) is 146 Å². The van der Waals surface area contributed by atoms with Crippen molar-refractivity contribution in [3.05, 3.63) is 201 Å². The van der Waals surface area contributed by atoms with Gasteiger partial charge in [0.2, 0.25) is 5.95 Å². The van der Waals surface area contributed by atoms with Gasteiger partial charge in [-0.1, -0.05) is 132 Å². The molecule has 0 spiro atoms. The van der Waals surface area contributed by atoms with E-state index in [2.05, 4.69) is 206 Å². The quantitative estimate of drug-likeness (QED) is 0.146. The van der Waals surface area contributed by atoms with E-state index in [0.717, 1.165) is 28.2 Å². The predicted molar refractivity (Wildman–Crippen MR) is 255 cm³/mol. The third-order valence-electron chi connectivity index (χ3n) is 12.1. The van der Waals surface area contributed by atoms with E-state index in [9.17, 15) is 0 Å². The summed E-state index contributed by atoms with van der Waals surface area (Å²) < 4.78 is 0. The van der Waals surface area contributed by atoms with Crippen LogP contribution < -0.4 is 9.80 Å². The van der Waals surface area contributed by atoms with Gasteiger partial charge in [0.25, 0.3) is 0 Å². The van der Waals surface area contributed by atoms with Gasteiger partial charge in [-0.25, -0.2) is 9.97 Å². The first-order valence-corrected chi connectivity index (χ1v) is 20.9. The topological polar surface area (TPSA) is 32.3 Å². The van der Waals surface area contributed by atoms with Gasteiger partial charge in [-0.3, -0.25) is 4.90 Å². The number of nitrogens with zero attached hydrogens (tertiary/aromatic N) is 4. The van der Waals surface area contributed by atoms with E-state index in [-0.39, 0.29) is 0 Å². The maximum atomic E-state index is 5.33. The maximum Gasteiger partial charge on any atom is 0.235 e. The Morgan fingerprint density at radius 1 is 0.367 bits per heavy atom. The first-order valence-electron chi connectivity index (χ1n) is 20.9. The SMILES string of the molecule is Cc1cc(C)c(N(c2c(C)cc(C)cc2C)c2c(C)c(C)c(N(c3cccc(-c4ccccc4-c4ccccc4)c3)c3nccc(-c4ccccc4)n3)c(C)c2C)c(C)c1. The van der Waals surface area contributed by atoms with E-state index in [1.54, 1.807) is 0 Å². The molecule has 0 radical (unpaired) electrons. The van der Waals surface area contributed by atoms with Crippen molar-refractivity contribution in [2.24, 2.45) is 0 Å². The van der Waals surface area contributed by atoms with E-state index in [1.807, 2.05) is 18.3 Å². The Morgan fingerprint density at radius 2 is 0.800 bits per heavy atom. The number of anilines is 6. The molecule has 0 bridgehead atoms. The Bertz CT molecular complexity index is 2740. The minimum absolute atomic E-state index is 0.620. The average Bonchev–Trinajstić information content (AvgIpc) is 3.24. The smallest absolute Gasteiger partial charge is 0.235 e. The van der Waals surface area contributed by atoms with Gasteiger partial charge in [0.1, 0.15) is 0 Å². The van der Waals surface area contributed by atoms with Crippen LogP contribution in [0.25, 0.3) is 33.5 Å². The first kappa shape index (κ1) is 40.0. The lowest BCUT2D eigenvalue weighted by molar-refractivity contribution is 1.05. The molecule has 0 N–H and O–H groups in total. The molecule has 0 aliphatic heterocycles. The van der Waals surface area contributed by atoms with Crippen LogP contribution in [0.2, 0.25) is 0 Å². The van der Waals surface area contributed by atoms with Gasteiger partial charge in [-0.2, -0.15) is 0 Å². The van der Waals surface area contributed by atoms with Crippen LogP contribution in [0.5, 0.6) is 0 Å². The second-order valence-electron chi connectivity index (χ2n) is 16.4. The van der Waals surface area contributed by atoms with Crippen molar-refractivity contribution >= 4 is 34.4 Å². The number of hydrogen-bond acceptors (Lipinski definition) is 4. The fourth-order valence-electron chi connectivity index (χ4n) is 9.32. The predicted octanol–water partition coefficient (Wildman–Crippen LogP) is 15.5. The Balaban J connectivity index is 1.39. The van der Waals surface area contributed by atoms with Crippen molar-refractivity contribution in [1.29, 1.82) is 0 Å². The highest BCUT2D eigenvalue weighted by atomic mass is 15.3. The molecule has 0 saturated heterocycles. The van der Waals surface area contributed by atoms with E-state index in [1.165, 1.54) is 89.4 Å². The third kappa shape index (κ3) is 7.39. The molecular formula is C56H54N4. The number of aromatic nitrogens is 2. The summed E-state index contributed by atoms with van der Waals surface area (Å²) in [5.74, 6) is 0.620. The molecule has 7 aromatic carbocycles. The largest absolute Gasteiger partial charge is 0.309 e. The van der Waals surface area contributed by atoms with Gasteiger partial charge in [0.05, 0.1) is 28.4 Å². The van der Waals surface area contributed by atoms with Crippen molar-refractivity contribution < 1.29 is 0 Å². The van der Waals surface area contributed by atoms with Gasteiger partial charge >= 0.3 is 0 Å². The van der Waals surface area contributed by atoms with E-state index in [0.29, 0.717) is 5.95 Å². The lowest BCUT2D eigenvalue weighted by Gasteiger charge is -2.37. The Kier molecular flexibility index (Phi) is 11.0. The number of hydrogen-bond donors (Lipinski definition) is 0. The zero-order chi connectivity index (χ0) is 42.2. The summed E-state index contributed by atoms with van der Waals surface area (Å²) in [5, 5.41) is 0. The second kappa shape index (κ2) is 16.5. The normalized spacial score (nSPS) is 11.2. The van der Waals surface area contributed by atoms with Gasteiger partial charge in [-0.05, 0) is 154 Å². The Hall–Kier alpha value is -6.78.